The number of nitrogens with zero attached hydrogens (tertiary/aromatic N) is 2. The average molecular weight is 386 g/mol. The van der Waals surface area contributed by atoms with Crippen LogP contribution in [-0.4, -0.2) is 27.0 Å². The molecule has 7 nitrogen and oxygen atoms in total. The maximum absolute atomic E-state index is 12.6. The number of fused-ring (bicyclic) bond motifs is 1. The first-order valence-corrected chi connectivity index (χ1v) is 8.75. The van der Waals surface area contributed by atoms with Crippen molar-refractivity contribution < 1.29 is 9.59 Å². The number of H-pyrrole nitrogens is 1. The van der Waals surface area contributed by atoms with Gasteiger partial charge in [0, 0.05) is 27.9 Å². The summed E-state index contributed by atoms with van der Waals surface area (Å²) in [7, 11) is 0. The number of rotatable bonds is 4. The molecule has 2 aromatic heterocycles. The Kier molecular flexibility index (Phi) is 4.89. The van der Waals surface area contributed by atoms with Crippen LogP contribution in [0.5, 0.6) is 0 Å². The third-order valence-electron chi connectivity index (χ3n) is 4.17. The molecule has 0 aliphatic heterocycles. The highest BCUT2D eigenvalue weighted by molar-refractivity contribution is 6.32. The Balaban J connectivity index is 1.90. The summed E-state index contributed by atoms with van der Waals surface area (Å²) in [5.41, 5.74) is 7.75. The normalized spacial score (nSPS) is 11.6. The Hall–Kier alpha value is -2.93. The lowest BCUT2D eigenvalue weighted by atomic mass is 9.84. The van der Waals surface area contributed by atoms with Crippen molar-refractivity contribution in [3.63, 3.8) is 0 Å². The molecule has 0 spiro atoms. The molecule has 0 bridgehead atoms. The zero-order valence-electron chi connectivity index (χ0n) is 15.3. The lowest BCUT2D eigenvalue weighted by molar-refractivity contribution is -0.115. The molecule has 0 aliphatic carbocycles. The Morgan fingerprint density at radius 3 is 2.70 bits per heavy atom. The van der Waals surface area contributed by atoms with Gasteiger partial charge in [0.05, 0.1) is 18.1 Å². The smallest absolute Gasteiger partial charge is 0.267 e. The Morgan fingerprint density at radius 1 is 1.30 bits per heavy atom. The fourth-order valence-electron chi connectivity index (χ4n) is 3.02. The summed E-state index contributed by atoms with van der Waals surface area (Å²) in [6, 6.07) is 5.22. The van der Waals surface area contributed by atoms with E-state index in [2.05, 4.69) is 20.5 Å². The fraction of sp³-hybridized carbons (Fsp3) is 0.263. The zero-order valence-corrected chi connectivity index (χ0v) is 16.0. The van der Waals surface area contributed by atoms with Gasteiger partial charge in [-0.2, -0.15) is 5.10 Å². The van der Waals surface area contributed by atoms with Crippen LogP contribution in [0.3, 0.4) is 0 Å². The van der Waals surface area contributed by atoms with Crippen molar-refractivity contribution in [2.75, 3.05) is 5.32 Å². The summed E-state index contributed by atoms with van der Waals surface area (Å²) in [5, 5.41) is 11.0. The van der Waals surface area contributed by atoms with Gasteiger partial charge in [0.15, 0.2) is 0 Å². The van der Waals surface area contributed by atoms with E-state index in [1.807, 2.05) is 20.8 Å². The van der Waals surface area contributed by atoms with Crippen LogP contribution in [0.2, 0.25) is 5.02 Å². The molecule has 0 saturated heterocycles. The molecule has 3 aromatic rings. The highest BCUT2D eigenvalue weighted by Gasteiger charge is 2.26. The molecule has 1 aromatic carbocycles. The second-order valence-corrected chi connectivity index (χ2v) is 7.73. The summed E-state index contributed by atoms with van der Waals surface area (Å²) in [5.74, 6) is -0.897. The first kappa shape index (κ1) is 18.8. The molecule has 3 rings (SSSR count). The highest BCUT2D eigenvalue weighted by atomic mass is 35.5. The molecule has 2 heterocycles. The number of amides is 2. The van der Waals surface area contributed by atoms with Crippen LogP contribution in [0.25, 0.3) is 10.9 Å². The number of pyridine rings is 1. The molecule has 4 N–H and O–H groups in total. The Labute approximate surface area is 161 Å². The van der Waals surface area contributed by atoms with Crippen LogP contribution in [0.15, 0.2) is 30.6 Å². The summed E-state index contributed by atoms with van der Waals surface area (Å²) < 4.78 is 0. The maximum atomic E-state index is 12.6. The van der Waals surface area contributed by atoms with E-state index in [-0.39, 0.29) is 18.0 Å². The first-order valence-electron chi connectivity index (χ1n) is 8.37. The monoisotopic (exact) mass is 385 g/mol. The number of nitrogens with one attached hydrogen (secondary N) is 2. The van der Waals surface area contributed by atoms with E-state index < -0.39 is 11.3 Å². The van der Waals surface area contributed by atoms with Crippen molar-refractivity contribution >= 4 is 40.0 Å². The molecule has 27 heavy (non-hydrogen) atoms. The van der Waals surface area contributed by atoms with Gasteiger partial charge in [-0.15, -0.1) is 0 Å². The lowest BCUT2D eigenvalue weighted by Gasteiger charge is -2.24. The van der Waals surface area contributed by atoms with Crippen molar-refractivity contribution in [1.29, 1.82) is 0 Å². The van der Waals surface area contributed by atoms with Crippen LogP contribution >= 0.6 is 11.6 Å². The quantitative estimate of drug-likeness (QED) is 0.639. The van der Waals surface area contributed by atoms with E-state index in [0.717, 1.165) is 10.9 Å². The van der Waals surface area contributed by atoms with Gasteiger partial charge in [-0.25, -0.2) is 0 Å². The molecule has 0 fully saturated rings. The van der Waals surface area contributed by atoms with Gasteiger partial charge in [0.2, 0.25) is 5.91 Å². The number of hydrogen-bond acceptors (Lipinski definition) is 4. The Bertz CT molecular complexity index is 1040. The van der Waals surface area contributed by atoms with Crippen molar-refractivity contribution in [1.82, 2.24) is 15.2 Å². The molecule has 2 amide bonds. The fourth-order valence-corrected chi connectivity index (χ4v) is 3.26. The van der Waals surface area contributed by atoms with E-state index in [1.165, 1.54) is 6.20 Å². The molecule has 0 saturated carbocycles. The predicted molar refractivity (Wildman–Crippen MR) is 105 cm³/mol. The molecule has 0 atom stereocenters. The van der Waals surface area contributed by atoms with Crippen molar-refractivity contribution in [3.8, 4) is 0 Å². The number of halogens is 1. The van der Waals surface area contributed by atoms with Crippen molar-refractivity contribution in [2.24, 2.45) is 5.73 Å². The summed E-state index contributed by atoms with van der Waals surface area (Å²) in [6.45, 7) is 5.78. The van der Waals surface area contributed by atoms with Crippen molar-refractivity contribution in [2.45, 2.75) is 32.6 Å². The summed E-state index contributed by atoms with van der Waals surface area (Å²) >= 11 is 6.28. The number of benzene rings is 1. The van der Waals surface area contributed by atoms with Gasteiger partial charge < -0.3 is 11.1 Å². The predicted octanol–water partition coefficient (Wildman–Crippen LogP) is 3.19. The molecule has 0 radical (unpaired) electrons. The number of aromatic amines is 1. The first-order chi connectivity index (χ1) is 12.7. The number of hydrogen-bond donors (Lipinski definition) is 3. The third-order valence-corrected chi connectivity index (χ3v) is 4.52. The standard InChI is InChI=1S/C19H20ClN5O2/c1-19(2,3)16-13(4-5-22-17(16)18(21)27)24-15(26)8-10-7-14-11(6-12(10)20)9-23-25-14/h4-7,9H,8H2,1-3H3,(H2,21,27)(H,23,25)(H,22,24,26). The van der Waals surface area contributed by atoms with E-state index in [4.69, 9.17) is 17.3 Å². The molecule has 140 valence electrons. The largest absolute Gasteiger partial charge is 0.364 e. The molecular weight excluding hydrogens is 366 g/mol. The van der Waals surface area contributed by atoms with Gasteiger partial charge in [0.1, 0.15) is 5.69 Å². The number of anilines is 1. The highest BCUT2D eigenvalue weighted by Crippen LogP contribution is 2.32. The van der Waals surface area contributed by atoms with E-state index in [9.17, 15) is 9.59 Å². The number of nitrogens with two attached hydrogens (primary N) is 1. The van der Waals surface area contributed by atoms with Crippen LogP contribution in [0.4, 0.5) is 5.69 Å². The van der Waals surface area contributed by atoms with Gasteiger partial charge in [-0.05, 0) is 29.2 Å². The average Bonchev–Trinajstić information content (AvgIpc) is 3.00. The molecule has 8 heteroatoms. The molecular formula is C19H20ClN5O2. The number of primary amides is 1. The van der Waals surface area contributed by atoms with Crippen LogP contribution in [-0.2, 0) is 16.6 Å². The topological polar surface area (TPSA) is 114 Å². The third kappa shape index (κ3) is 3.93. The van der Waals surface area contributed by atoms with Crippen LogP contribution < -0.4 is 11.1 Å². The Morgan fingerprint density at radius 2 is 2.04 bits per heavy atom. The number of carbonyl (C=O) groups is 2. The van der Waals surface area contributed by atoms with Gasteiger partial charge in [0.25, 0.3) is 5.91 Å². The second kappa shape index (κ2) is 7.00. The lowest BCUT2D eigenvalue weighted by Crippen LogP contribution is -2.26. The minimum Gasteiger partial charge on any atom is -0.364 e. The SMILES string of the molecule is CC(C)(C)c1c(NC(=O)Cc2cc3[nH]ncc3cc2Cl)ccnc1C(N)=O. The van der Waals surface area contributed by atoms with Gasteiger partial charge >= 0.3 is 0 Å². The van der Waals surface area contributed by atoms with Crippen LogP contribution in [0.1, 0.15) is 42.4 Å². The molecule has 0 aliphatic rings. The second-order valence-electron chi connectivity index (χ2n) is 7.32. The summed E-state index contributed by atoms with van der Waals surface area (Å²) in [6.07, 6.45) is 3.20. The summed E-state index contributed by atoms with van der Waals surface area (Å²) in [4.78, 5) is 28.5. The minimum atomic E-state index is -0.635. The minimum absolute atomic E-state index is 0.0750. The number of aromatic nitrogens is 3. The van der Waals surface area contributed by atoms with Crippen molar-refractivity contribution in [3.05, 3.63) is 52.4 Å². The maximum Gasteiger partial charge on any atom is 0.267 e. The van der Waals surface area contributed by atoms with Gasteiger partial charge in [-0.1, -0.05) is 32.4 Å². The van der Waals surface area contributed by atoms with E-state index in [0.29, 0.717) is 21.8 Å². The van der Waals surface area contributed by atoms with Crippen LogP contribution in [0, 0.1) is 0 Å². The van der Waals surface area contributed by atoms with E-state index >= 15 is 0 Å². The van der Waals surface area contributed by atoms with E-state index in [1.54, 1.807) is 24.4 Å². The zero-order chi connectivity index (χ0) is 19.8. The van der Waals surface area contributed by atoms with Gasteiger partial charge in [-0.3, -0.25) is 19.7 Å². The number of carbonyl (C=O) groups excluding carboxylic acids is 2. The molecule has 0 unspecified atom stereocenters.